The first kappa shape index (κ1) is 102. The highest BCUT2D eigenvalue weighted by atomic mass is 16.2. The number of nitrogens with zero attached hydrogens (tertiary/aromatic N) is 10. The molecular weight excluding hydrogens is 1690 g/mol. The van der Waals surface area contributed by atoms with Gasteiger partial charge >= 0.3 is 0 Å². The zero-order valence-electron chi connectivity index (χ0n) is 84.4. The minimum atomic E-state index is 0.0278. The molecule has 1 aliphatic heterocycles. The molecule has 0 unspecified atom stereocenters. The van der Waals surface area contributed by atoms with Gasteiger partial charge in [-0.3, -0.25) is 38.7 Å². The maximum Gasteiger partial charge on any atom is 0.227 e. The third-order valence-electron chi connectivity index (χ3n) is 25.5. The number of hydrogen-bond acceptors (Lipinski definition) is 12. The van der Waals surface area contributed by atoms with Crippen LogP contribution >= 0.6 is 0 Å². The number of pyridine rings is 2. The third-order valence-corrected chi connectivity index (χ3v) is 25.5. The number of benzene rings is 10. The van der Waals surface area contributed by atoms with E-state index in [1.54, 1.807) is 23.4 Å². The van der Waals surface area contributed by atoms with Crippen molar-refractivity contribution >= 4 is 56.8 Å². The Labute approximate surface area is 812 Å². The zero-order valence-corrected chi connectivity index (χ0v) is 84.4. The lowest BCUT2D eigenvalue weighted by Gasteiger charge is -2.39. The number of imidazole rings is 2. The van der Waals surface area contributed by atoms with Gasteiger partial charge in [0, 0.05) is 97.2 Å². The summed E-state index contributed by atoms with van der Waals surface area (Å²) in [6.07, 6.45) is 17.3. The number of rotatable bonds is 19. The van der Waals surface area contributed by atoms with Crippen molar-refractivity contribution in [2.24, 2.45) is 14.1 Å². The number of carbonyl (C=O) groups excluding carboxylic acids is 6. The summed E-state index contributed by atoms with van der Waals surface area (Å²) < 4.78 is 5.78. The van der Waals surface area contributed by atoms with E-state index in [2.05, 4.69) is 220 Å². The number of aromatic nitrogens is 9. The second kappa shape index (κ2) is 44.9. The van der Waals surface area contributed by atoms with E-state index < -0.39 is 0 Å². The Bertz CT molecular complexity index is 6680. The molecule has 17 rings (SSSR count). The molecule has 0 spiro atoms. The van der Waals surface area contributed by atoms with Gasteiger partial charge in [-0.15, -0.1) is 0 Å². The summed E-state index contributed by atoms with van der Waals surface area (Å²) in [4.78, 5) is 99.4. The molecule has 1 fully saturated rings. The minimum absolute atomic E-state index is 0.0278. The summed E-state index contributed by atoms with van der Waals surface area (Å²) in [6.45, 7) is 42.5. The van der Waals surface area contributed by atoms with Crippen LogP contribution in [0.4, 0.5) is 0 Å². The number of Topliss-reactive ketones (excluding diaryl/α,β-unsaturated/α-hetero) is 5. The van der Waals surface area contributed by atoms with E-state index in [0.717, 1.165) is 107 Å². The lowest BCUT2D eigenvalue weighted by atomic mass is 9.79. The smallest absolute Gasteiger partial charge is 0.227 e. The number of amides is 1. The number of hydrogen-bond donors (Lipinski definition) is 0. The van der Waals surface area contributed by atoms with Crippen LogP contribution < -0.4 is 0 Å². The maximum absolute atomic E-state index is 12.7. The summed E-state index contributed by atoms with van der Waals surface area (Å²) in [5.41, 5.74) is 24.2. The molecule has 16 heteroatoms. The van der Waals surface area contributed by atoms with Gasteiger partial charge in [-0.05, 0) is 191 Å². The maximum atomic E-state index is 12.7. The molecular formula is C121H138N10O6. The minimum Gasteiger partial charge on any atom is -0.335 e. The van der Waals surface area contributed by atoms with Crippen molar-refractivity contribution in [3.05, 3.63) is 404 Å². The van der Waals surface area contributed by atoms with E-state index in [9.17, 15) is 28.8 Å². The Morgan fingerprint density at radius 3 is 1.32 bits per heavy atom. The van der Waals surface area contributed by atoms with Crippen molar-refractivity contribution in [1.82, 2.24) is 48.7 Å². The highest BCUT2D eigenvalue weighted by molar-refractivity contribution is 6.01. The van der Waals surface area contributed by atoms with Crippen LogP contribution in [-0.4, -0.2) is 89.6 Å². The average Bonchev–Trinajstić information content (AvgIpc) is 1.48. The second-order valence-corrected chi connectivity index (χ2v) is 42.6. The largest absolute Gasteiger partial charge is 0.335 e. The van der Waals surface area contributed by atoms with E-state index in [-0.39, 0.29) is 61.4 Å². The van der Waals surface area contributed by atoms with Crippen LogP contribution in [0.25, 0.3) is 33.2 Å². The second-order valence-electron chi connectivity index (χ2n) is 42.6. The Morgan fingerprint density at radius 2 is 0.839 bits per heavy atom. The summed E-state index contributed by atoms with van der Waals surface area (Å²) in [5.74, 6) is 2.56. The molecule has 1 amide bonds. The fourth-order valence-corrected chi connectivity index (χ4v) is 17.1. The number of aryl methyl sites for hydroxylation is 2. The first-order valence-electron chi connectivity index (χ1n) is 48.1. The standard InChI is InChI=1S/C22H24N2O.C21H23N3O.C21H21NO.C20H22N2O.C19H27NO.C18H21NO/c1-22(2,3)18-12-8-11-17(13-18)20(25)14-21-23-15-19(24(21)4)16-9-6-5-7-10-16;1-21(2,3)19-6-4-5-18(12-19)20(25)11-16-7-9-17(10-8-16)13-24-15-22-14-23-24;1-21(2,3)18-9-6-8-17(13-18)20(23)12-15-11-16-7-4-5-10-19(16)22-14-15;1-20(2,3)15-9-7-8-14(12-15)18(23)13-19-21-16-10-5-6-11-17(16)22(19)4;1-19(2,3)17-11-7-8-14-13-20(18(21)12-16(14)17)15-9-5-4-6-10-15;1-13-10-14(8-9-19-13)11-17(20)15-6-5-7-16(12-15)18(2,3)4/h5-13,15H,14H2,1-4H3;4-10,12,14-15H,11,13H2,1-3H3;4-11,13-14H,12H2,1-3H3;5-12H,13H2,1-4H3;7-8,11,15H,4-6,9-10,12-13H2,1-3H3;5-10,12H,11H2,1-4H3. The van der Waals surface area contributed by atoms with Crippen LogP contribution in [-0.2, 0) is 103 Å². The van der Waals surface area contributed by atoms with Gasteiger partial charge in [0.2, 0.25) is 5.91 Å². The van der Waals surface area contributed by atoms with Crippen LogP contribution in [0, 0.1) is 6.92 Å². The molecule has 1 aliphatic carbocycles. The molecule has 708 valence electrons. The molecule has 0 radical (unpaired) electrons. The lowest BCUT2D eigenvalue weighted by molar-refractivity contribution is -0.135. The van der Waals surface area contributed by atoms with Crippen molar-refractivity contribution in [2.45, 2.75) is 254 Å². The van der Waals surface area contributed by atoms with Crippen molar-refractivity contribution in [1.29, 1.82) is 0 Å². The summed E-state index contributed by atoms with van der Waals surface area (Å²) in [6, 6.07) is 86.8. The van der Waals surface area contributed by atoms with Gasteiger partial charge in [-0.2, -0.15) is 5.10 Å². The molecule has 16 nitrogen and oxygen atoms in total. The Hall–Kier alpha value is -13.6. The quantitative estimate of drug-likeness (QED) is 0.0695. The van der Waals surface area contributed by atoms with Gasteiger partial charge in [-0.25, -0.2) is 19.6 Å². The zero-order chi connectivity index (χ0) is 98.7. The predicted molar refractivity (Wildman–Crippen MR) is 558 cm³/mol. The SMILES string of the molecule is CC(C)(C)c1cccc(C(=O)Cc2ccc(Cn3cncn3)cc2)c1.CC(C)(C)c1cccc(C(=O)Cc2cnc3ccccc3c2)c1.CC(C)(C)c1cccc2c1CC(=O)N(C1CCCCC1)C2.Cc1cc(CC(=O)c2cccc(C(C)(C)C)c2)ccn1.Cn1c(-c2ccccc2)cnc1CC(=O)c1cccc(C(C)(C)C)c1.Cn1c(CC(=O)c2cccc(C(C)(C)C)c2)nc2ccccc21. The lowest BCUT2D eigenvalue weighted by Crippen LogP contribution is -2.44. The van der Waals surface area contributed by atoms with E-state index in [1.165, 1.54) is 82.9 Å². The molecule has 0 atom stereocenters. The third kappa shape index (κ3) is 28.5. The van der Waals surface area contributed by atoms with Crippen molar-refractivity contribution < 1.29 is 28.8 Å². The molecule has 15 aromatic rings. The molecule has 0 saturated heterocycles. The first-order chi connectivity index (χ1) is 64.9. The molecule has 137 heavy (non-hydrogen) atoms. The molecule has 0 bridgehead atoms. The number of fused-ring (bicyclic) bond motifs is 3. The molecule has 2 aliphatic rings. The fraction of sp³-hybridized carbons (Fsp3) is 0.339. The van der Waals surface area contributed by atoms with Gasteiger partial charge < -0.3 is 14.0 Å². The van der Waals surface area contributed by atoms with E-state index >= 15 is 0 Å². The van der Waals surface area contributed by atoms with Gasteiger partial charge in [0.25, 0.3) is 0 Å². The van der Waals surface area contributed by atoms with Crippen molar-refractivity contribution in [3.63, 3.8) is 0 Å². The van der Waals surface area contributed by atoms with Gasteiger partial charge in [0.1, 0.15) is 24.3 Å². The highest BCUT2D eigenvalue weighted by Gasteiger charge is 2.34. The Balaban J connectivity index is 0.000000148. The monoisotopic (exact) mass is 1830 g/mol. The Morgan fingerprint density at radius 1 is 0.387 bits per heavy atom. The van der Waals surface area contributed by atoms with E-state index in [4.69, 9.17) is 0 Å². The number of ketones is 5. The highest BCUT2D eigenvalue weighted by Crippen LogP contribution is 2.36. The van der Waals surface area contributed by atoms with Crippen LogP contribution in [0.5, 0.6) is 0 Å². The predicted octanol–water partition coefficient (Wildman–Crippen LogP) is 26.4. The van der Waals surface area contributed by atoms with Gasteiger partial charge in [0.15, 0.2) is 28.9 Å². The topological polar surface area (TPSA) is 198 Å². The first-order valence-corrected chi connectivity index (χ1v) is 48.1. The normalized spacial score (nSPS) is 12.9. The fourth-order valence-electron chi connectivity index (χ4n) is 17.1. The van der Waals surface area contributed by atoms with Crippen molar-refractivity contribution in [3.8, 4) is 11.3 Å². The van der Waals surface area contributed by atoms with Gasteiger partial charge in [-0.1, -0.05) is 338 Å². The number of para-hydroxylation sites is 3. The summed E-state index contributed by atoms with van der Waals surface area (Å²) >= 11 is 0. The molecule has 6 heterocycles. The van der Waals surface area contributed by atoms with Crippen LogP contribution in [0.15, 0.2) is 292 Å². The van der Waals surface area contributed by atoms with Crippen LogP contribution in [0.2, 0.25) is 0 Å². The molecule has 5 aromatic heterocycles. The molecule has 10 aromatic carbocycles. The Kier molecular flexibility index (Phi) is 33.6. The van der Waals surface area contributed by atoms with E-state index in [1.807, 2.05) is 237 Å². The van der Waals surface area contributed by atoms with Crippen LogP contribution in [0.1, 0.15) is 293 Å². The average molecular weight is 1830 g/mol. The molecule has 1 saturated carbocycles. The van der Waals surface area contributed by atoms with Crippen molar-refractivity contribution in [2.75, 3.05) is 0 Å². The summed E-state index contributed by atoms with van der Waals surface area (Å²) in [7, 11) is 3.92. The molecule has 0 N–H and O–H groups in total. The van der Waals surface area contributed by atoms with Crippen LogP contribution in [0.3, 0.4) is 0 Å². The van der Waals surface area contributed by atoms with E-state index in [0.29, 0.717) is 57.0 Å². The summed E-state index contributed by atoms with van der Waals surface area (Å²) in [5, 5.41) is 5.17. The van der Waals surface area contributed by atoms with Gasteiger partial charge in [0.05, 0.1) is 54.2 Å². The number of carbonyl (C=O) groups is 6.